The summed E-state index contributed by atoms with van der Waals surface area (Å²) in [6.45, 7) is 2.92. The summed E-state index contributed by atoms with van der Waals surface area (Å²) in [5, 5.41) is 0. The molecule has 0 aromatic carbocycles. The van der Waals surface area contributed by atoms with Gasteiger partial charge in [0.2, 0.25) is 5.88 Å². The fourth-order valence-corrected chi connectivity index (χ4v) is 7.18. The monoisotopic (exact) mass is 350 g/mol. The van der Waals surface area contributed by atoms with Gasteiger partial charge in [0.15, 0.2) is 9.84 Å². The normalized spacial score (nSPS) is 28.9. The minimum atomic E-state index is -3.01. The maximum atomic E-state index is 12.7. The van der Waals surface area contributed by atoms with E-state index < -0.39 is 14.6 Å². The summed E-state index contributed by atoms with van der Waals surface area (Å²) in [4.78, 5) is 6.52. The summed E-state index contributed by atoms with van der Waals surface area (Å²) in [7, 11) is -3.01. The SMILES string of the molecule is O=S1(=O)CC[C@H](COc2ccccn2)C12CN(CC1CCCC1)C2. The van der Waals surface area contributed by atoms with Crippen molar-refractivity contribution in [3.05, 3.63) is 24.4 Å². The summed E-state index contributed by atoms with van der Waals surface area (Å²) in [5.74, 6) is 1.75. The molecule has 0 N–H and O–H groups in total. The zero-order chi connectivity index (χ0) is 16.6. The molecular weight excluding hydrogens is 324 g/mol. The zero-order valence-electron chi connectivity index (χ0n) is 14.1. The highest BCUT2D eigenvalue weighted by atomic mass is 32.2. The Morgan fingerprint density at radius 3 is 2.71 bits per heavy atom. The first-order chi connectivity index (χ1) is 11.6. The number of sulfone groups is 1. The van der Waals surface area contributed by atoms with Crippen molar-refractivity contribution in [1.82, 2.24) is 9.88 Å². The lowest BCUT2D eigenvalue weighted by Gasteiger charge is -2.50. The molecule has 0 amide bonds. The number of nitrogens with zero attached hydrogens (tertiary/aromatic N) is 2. The van der Waals surface area contributed by atoms with Crippen molar-refractivity contribution in [2.45, 2.75) is 36.9 Å². The van der Waals surface area contributed by atoms with E-state index in [0.717, 1.165) is 12.5 Å². The molecule has 1 aromatic heterocycles. The second kappa shape index (κ2) is 6.30. The van der Waals surface area contributed by atoms with Gasteiger partial charge in [-0.25, -0.2) is 13.4 Å². The average Bonchev–Trinajstić information content (AvgIpc) is 3.13. The molecule has 1 aliphatic carbocycles. The Bertz CT molecular complexity index is 665. The van der Waals surface area contributed by atoms with Gasteiger partial charge in [0.25, 0.3) is 0 Å². The lowest BCUT2D eigenvalue weighted by molar-refractivity contribution is 0.0522. The number of aromatic nitrogens is 1. The predicted molar refractivity (Wildman–Crippen MR) is 92.8 cm³/mol. The van der Waals surface area contributed by atoms with Crippen LogP contribution in [0.3, 0.4) is 0 Å². The molecule has 2 saturated heterocycles. The second-order valence-corrected chi connectivity index (χ2v) is 10.1. The molecule has 3 fully saturated rings. The number of pyridine rings is 1. The van der Waals surface area contributed by atoms with Gasteiger partial charge in [0, 0.05) is 37.8 Å². The molecule has 24 heavy (non-hydrogen) atoms. The van der Waals surface area contributed by atoms with E-state index in [1.54, 1.807) is 6.20 Å². The van der Waals surface area contributed by atoms with Crippen LogP contribution in [0.25, 0.3) is 0 Å². The topological polar surface area (TPSA) is 59.5 Å². The van der Waals surface area contributed by atoms with Crippen LogP contribution in [0.5, 0.6) is 5.88 Å². The van der Waals surface area contributed by atoms with Gasteiger partial charge < -0.3 is 4.74 Å². The van der Waals surface area contributed by atoms with Gasteiger partial charge in [-0.1, -0.05) is 18.9 Å². The molecular formula is C18H26N2O3S. The maximum absolute atomic E-state index is 12.7. The lowest BCUT2D eigenvalue weighted by atomic mass is 9.83. The highest BCUT2D eigenvalue weighted by Gasteiger charge is 2.61. The van der Waals surface area contributed by atoms with Crippen molar-refractivity contribution in [3.8, 4) is 5.88 Å². The van der Waals surface area contributed by atoms with Crippen LogP contribution < -0.4 is 4.74 Å². The summed E-state index contributed by atoms with van der Waals surface area (Å²) < 4.78 is 30.6. The number of hydrogen-bond acceptors (Lipinski definition) is 5. The molecule has 0 radical (unpaired) electrons. The van der Waals surface area contributed by atoms with E-state index >= 15 is 0 Å². The molecule has 3 heterocycles. The molecule has 1 saturated carbocycles. The molecule has 1 aromatic rings. The van der Waals surface area contributed by atoms with Crippen LogP contribution in [0.2, 0.25) is 0 Å². The van der Waals surface area contributed by atoms with E-state index in [0.29, 0.717) is 37.8 Å². The van der Waals surface area contributed by atoms with Crippen LogP contribution in [-0.2, 0) is 9.84 Å². The first kappa shape index (κ1) is 16.3. The number of hydrogen-bond donors (Lipinski definition) is 0. The van der Waals surface area contributed by atoms with Gasteiger partial charge in [-0.3, -0.25) is 4.90 Å². The van der Waals surface area contributed by atoms with Gasteiger partial charge in [0.1, 0.15) is 4.75 Å². The fraction of sp³-hybridized carbons (Fsp3) is 0.722. The Kier molecular flexibility index (Phi) is 4.29. The Balaban J connectivity index is 1.39. The molecule has 0 bridgehead atoms. The van der Waals surface area contributed by atoms with Crippen molar-refractivity contribution in [2.24, 2.45) is 11.8 Å². The molecule has 3 aliphatic rings. The molecule has 1 atom stereocenters. The van der Waals surface area contributed by atoms with E-state index in [4.69, 9.17) is 4.74 Å². The number of rotatable bonds is 5. The van der Waals surface area contributed by atoms with E-state index in [1.807, 2.05) is 18.2 Å². The minimum Gasteiger partial charge on any atom is -0.477 e. The van der Waals surface area contributed by atoms with Crippen molar-refractivity contribution in [3.63, 3.8) is 0 Å². The molecule has 4 rings (SSSR count). The van der Waals surface area contributed by atoms with Gasteiger partial charge in [-0.05, 0) is 31.2 Å². The molecule has 0 unspecified atom stereocenters. The maximum Gasteiger partial charge on any atom is 0.213 e. The smallest absolute Gasteiger partial charge is 0.213 e. The summed E-state index contributed by atoms with van der Waals surface area (Å²) in [6.07, 6.45) is 7.70. The Morgan fingerprint density at radius 2 is 2.00 bits per heavy atom. The van der Waals surface area contributed by atoms with Crippen LogP contribution in [0.15, 0.2) is 24.4 Å². The zero-order valence-corrected chi connectivity index (χ0v) is 14.9. The summed E-state index contributed by atoms with van der Waals surface area (Å²) in [6, 6.07) is 5.56. The van der Waals surface area contributed by atoms with Crippen molar-refractivity contribution in [2.75, 3.05) is 32.0 Å². The van der Waals surface area contributed by atoms with E-state index in [9.17, 15) is 8.42 Å². The van der Waals surface area contributed by atoms with Gasteiger partial charge >= 0.3 is 0 Å². The van der Waals surface area contributed by atoms with Crippen LogP contribution >= 0.6 is 0 Å². The molecule has 1 spiro atoms. The van der Waals surface area contributed by atoms with Crippen LogP contribution in [0.4, 0.5) is 0 Å². The third-order valence-corrected chi connectivity index (χ3v) is 8.75. The van der Waals surface area contributed by atoms with Crippen LogP contribution in [0.1, 0.15) is 32.1 Å². The lowest BCUT2D eigenvalue weighted by Crippen LogP contribution is -2.68. The van der Waals surface area contributed by atoms with Gasteiger partial charge in [-0.2, -0.15) is 0 Å². The molecule has 5 nitrogen and oxygen atoms in total. The van der Waals surface area contributed by atoms with Crippen LogP contribution in [-0.4, -0.2) is 55.0 Å². The highest BCUT2D eigenvalue weighted by molar-refractivity contribution is 7.93. The average molecular weight is 350 g/mol. The molecule has 132 valence electrons. The largest absolute Gasteiger partial charge is 0.477 e. The predicted octanol–water partition coefficient (Wildman–Crippen LogP) is 2.14. The minimum absolute atomic E-state index is 0.0873. The van der Waals surface area contributed by atoms with Crippen molar-refractivity contribution < 1.29 is 13.2 Å². The second-order valence-electron chi connectivity index (χ2n) is 7.67. The number of likely N-dealkylation sites (tertiary alicyclic amines) is 1. The van der Waals surface area contributed by atoms with Gasteiger partial charge in [0.05, 0.1) is 12.4 Å². The van der Waals surface area contributed by atoms with Crippen molar-refractivity contribution >= 4 is 9.84 Å². The third-order valence-electron chi connectivity index (χ3n) is 6.14. The molecule has 6 heteroatoms. The van der Waals surface area contributed by atoms with E-state index in [-0.39, 0.29) is 5.92 Å². The quantitative estimate of drug-likeness (QED) is 0.814. The number of ether oxygens (including phenoxy) is 1. The van der Waals surface area contributed by atoms with E-state index in [1.165, 1.54) is 25.7 Å². The fourth-order valence-electron chi connectivity index (χ4n) is 4.72. The van der Waals surface area contributed by atoms with Gasteiger partial charge in [-0.15, -0.1) is 0 Å². The van der Waals surface area contributed by atoms with E-state index in [2.05, 4.69) is 9.88 Å². The Morgan fingerprint density at radius 1 is 1.21 bits per heavy atom. The molecule has 2 aliphatic heterocycles. The van der Waals surface area contributed by atoms with Crippen molar-refractivity contribution in [1.29, 1.82) is 0 Å². The first-order valence-corrected chi connectivity index (χ1v) is 10.7. The standard InChI is InChI=1S/C18H26N2O3S/c21-24(22)10-8-16(12-23-17-7-3-4-9-19-17)18(24)13-20(14-18)11-15-5-1-2-6-15/h3-4,7,9,15-16H,1-2,5-6,8,10-14H2/t16-/m1/s1. The Hall–Kier alpha value is -1.14. The van der Waals surface area contributed by atoms with Crippen LogP contribution in [0, 0.1) is 11.8 Å². The summed E-state index contributed by atoms with van der Waals surface area (Å²) >= 11 is 0. The highest BCUT2D eigenvalue weighted by Crippen LogP contribution is 2.45. The summed E-state index contributed by atoms with van der Waals surface area (Å²) in [5.41, 5.74) is 0. The third kappa shape index (κ3) is 2.84. The Labute approximate surface area is 144 Å². The first-order valence-electron chi connectivity index (χ1n) is 9.08.